The highest BCUT2D eigenvalue weighted by atomic mass is 16.2. The molecule has 2 atom stereocenters. The van der Waals surface area contributed by atoms with Crippen molar-refractivity contribution in [1.29, 1.82) is 0 Å². The molecule has 2 amide bonds. The zero-order valence-electron chi connectivity index (χ0n) is 17.2. The van der Waals surface area contributed by atoms with Gasteiger partial charge in [-0.15, -0.1) is 0 Å². The second kappa shape index (κ2) is 10.3. The van der Waals surface area contributed by atoms with Crippen LogP contribution in [0.4, 0.5) is 4.79 Å². The van der Waals surface area contributed by atoms with Gasteiger partial charge in [0.1, 0.15) is 0 Å². The number of rotatable bonds is 9. The number of allylic oxidation sites excluding steroid dienone is 4. The Labute approximate surface area is 169 Å². The van der Waals surface area contributed by atoms with Crippen molar-refractivity contribution in [3.05, 3.63) is 71.8 Å². The SMILES string of the molecule is CCCN(C(CC)CN1CCNC1=O)C(C1=CCC=CC=C1)c1ccccc1. The van der Waals surface area contributed by atoms with Gasteiger partial charge < -0.3 is 10.2 Å². The highest BCUT2D eigenvalue weighted by Crippen LogP contribution is 2.33. The molecule has 1 aliphatic carbocycles. The first-order valence-electron chi connectivity index (χ1n) is 10.6. The molecule has 0 saturated carbocycles. The van der Waals surface area contributed by atoms with Gasteiger partial charge in [0.05, 0.1) is 6.04 Å². The van der Waals surface area contributed by atoms with E-state index in [1.165, 1.54) is 11.1 Å². The molecule has 0 aromatic heterocycles. The molecule has 2 aliphatic rings. The van der Waals surface area contributed by atoms with Crippen molar-refractivity contribution in [3.63, 3.8) is 0 Å². The molecule has 0 radical (unpaired) electrons. The molecule has 1 aromatic rings. The smallest absolute Gasteiger partial charge is 0.317 e. The monoisotopic (exact) mass is 379 g/mol. The van der Waals surface area contributed by atoms with E-state index in [1.807, 2.05) is 4.90 Å². The summed E-state index contributed by atoms with van der Waals surface area (Å²) < 4.78 is 0. The minimum Gasteiger partial charge on any atom is -0.336 e. The first kappa shape index (κ1) is 20.4. The summed E-state index contributed by atoms with van der Waals surface area (Å²) in [5, 5.41) is 2.94. The summed E-state index contributed by atoms with van der Waals surface area (Å²) in [7, 11) is 0. The lowest BCUT2D eigenvalue weighted by Gasteiger charge is -2.40. The van der Waals surface area contributed by atoms with Gasteiger partial charge in [-0.3, -0.25) is 4.90 Å². The summed E-state index contributed by atoms with van der Waals surface area (Å²) in [4.78, 5) is 16.7. The number of carbonyl (C=O) groups excluding carboxylic acids is 1. The van der Waals surface area contributed by atoms with Crippen LogP contribution in [0.2, 0.25) is 0 Å². The lowest BCUT2D eigenvalue weighted by atomic mass is 9.93. The molecule has 0 spiro atoms. The number of hydrogen-bond donors (Lipinski definition) is 1. The van der Waals surface area contributed by atoms with E-state index in [2.05, 4.69) is 84.8 Å². The topological polar surface area (TPSA) is 35.6 Å². The van der Waals surface area contributed by atoms with Crippen LogP contribution in [0.5, 0.6) is 0 Å². The molecule has 1 N–H and O–H groups in total. The maximum Gasteiger partial charge on any atom is 0.317 e. The van der Waals surface area contributed by atoms with E-state index in [9.17, 15) is 4.79 Å². The Bertz CT molecular complexity index is 723. The summed E-state index contributed by atoms with van der Waals surface area (Å²) in [5.41, 5.74) is 2.66. The number of nitrogens with one attached hydrogen (secondary N) is 1. The van der Waals surface area contributed by atoms with Gasteiger partial charge in [-0.25, -0.2) is 4.79 Å². The van der Waals surface area contributed by atoms with Crippen LogP contribution in [0, 0.1) is 0 Å². The fourth-order valence-corrected chi connectivity index (χ4v) is 4.20. The Morgan fingerprint density at radius 3 is 2.68 bits per heavy atom. The molecule has 4 heteroatoms. The number of nitrogens with zero attached hydrogens (tertiary/aromatic N) is 2. The van der Waals surface area contributed by atoms with Crippen LogP contribution in [-0.2, 0) is 0 Å². The van der Waals surface area contributed by atoms with Crippen LogP contribution in [0.15, 0.2) is 66.3 Å². The first-order valence-corrected chi connectivity index (χ1v) is 10.6. The fraction of sp³-hybridized carbons (Fsp3) is 0.458. The zero-order chi connectivity index (χ0) is 19.8. The predicted molar refractivity (Wildman–Crippen MR) is 116 cm³/mol. The first-order chi connectivity index (χ1) is 13.7. The quantitative estimate of drug-likeness (QED) is 0.676. The fourth-order valence-electron chi connectivity index (χ4n) is 4.20. The van der Waals surface area contributed by atoms with E-state index in [1.54, 1.807) is 0 Å². The van der Waals surface area contributed by atoms with Gasteiger partial charge in [-0.2, -0.15) is 0 Å². The van der Waals surface area contributed by atoms with Crippen LogP contribution in [0.25, 0.3) is 0 Å². The number of benzene rings is 1. The van der Waals surface area contributed by atoms with Crippen LogP contribution in [0.3, 0.4) is 0 Å². The molecule has 0 bridgehead atoms. The summed E-state index contributed by atoms with van der Waals surface area (Å²) in [6.07, 6.45) is 14.1. The number of urea groups is 1. The molecule has 28 heavy (non-hydrogen) atoms. The van der Waals surface area contributed by atoms with E-state index in [4.69, 9.17) is 0 Å². The van der Waals surface area contributed by atoms with Gasteiger partial charge in [0.2, 0.25) is 0 Å². The average Bonchev–Trinajstić information content (AvgIpc) is 2.95. The van der Waals surface area contributed by atoms with Crippen molar-refractivity contribution in [2.45, 2.75) is 45.2 Å². The van der Waals surface area contributed by atoms with Crippen LogP contribution >= 0.6 is 0 Å². The molecule has 1 saturated heterocycles. The maximum atomic E-state index is 12.2. The second-order valence-corrected chi connectivity index (χ2v) is 7.52. The summed E-state index contributed by atoms with van der Waals surface area (Å²) >= 11 is 0. The highest BCUT2D eigenvalue weighted by Gasteiger charge is 2.31. The molecule has 1 aromatic carbocycles. The van der Waals surface area contributed by atoms with E-state index in [0.29, 0.717) is 6.04 Å². The van der Waals surface area contributed by atoms with Crippen molar-refractivity contribution in [2.75, 3.05) is 26.2 Å². The Hall–Kier alpha value is -2.33. The van der Waals surface area contributed by atoms with E-state index in [0.717, 1.165) is 45.4 Å². The average molecular weight is 380 g/mol. The molecule has 1 aliphatic heterocycles. The molecule has 1 heterocycles. The van der Waals surface area contributed by atoms with E-state index in [-0.39, 0.29) is 12.1 Å². The third-order valence-electron chi connectivity index (χ3n) is 5.59. The second-order valence-electron chi connectivity index (χ2n) is 7.52. The lowest BCUT2D eigenvalue weighted by Crippen LogP contribution is -2.47. The minimum absolute atomic E-state index is 0.0731. The Morgan fingerprint density at radius 1 is 1.18 bits per heavy atom. The third kappa shape index (κ3) is 4.93. The molecule has 4 nitrogen and oxygen atoms in total. The standard InChI is InChI=1S/C24H33N3O/c1-3-17-27(22(4-2)19-26-18-16-25-24(26)28)23(21-14-10-7-11-15-21)20-12-8-5-6-9-13-20/h5-8,10-15,22-23H,3-4,9,16-19H2,1-2H3,(H,25,28). The van der Waals surface area contributed by atoms with Crippen molar-refractivity contribution in [2.24, 2.45) is 0 Å². The summed E-state index contributed by atoms with van der Waals surface area (Å²) in [6.45, 7) is 7.82. The van der Waals surface area contributed by atoms with Gasteiger partial charge in [-0.1, -0.05) is 74.6 Å². The van der Waals surface area contributed by atoms with Crippen molar-refractivity contribution in [1.82, 2.24) is 15.1 Å². The van der Waals surface area contributed by atoms with Crippen LogP contribution in [0.1, 0.15) is 44.7 Å². The molecular weight excluding hydrogens is 346 g/mol. The van der Waals surface area contributed by atoms with Crippen molar-refractivity contribution < 1.29 is 4.79 Å². The normalized spacial score (nSPS) is 18.8. The Morgan fingerprint density at radius 2 is 2.00 bits per heavy atom. The van der Waals surface area contributed by atoms with E-state index < -0.39 is 0 Å². The molecular formula is C24H33N3O. The van der Waals surface area contributed by atoms with Crippen molar-refractivity contribution in [3.8, 4) is 0 Å². The summed E-state index contributed by atoms with van der Waals surface area (Å²) in [5.74, 6) is 0. The Kier molecular flexibility index (Phi) is 7.49. The molecule has 1 fully saturated rings. The zero-order valence-corrected chi connectivity index (χ0v) is 17.2. The molecule has 2 unspecified atom stereocenters. The van der Waals surface area contributed by atoms with Crippen LogP contribution in [-0.4, -0.2) is 48.1 Å². The number of carbonyl (C=O) groups is 1. The van der Waals surface area contributed by atoms with Crippen LogP contribution < -0.4 is 5.32 Å². The predicted octanol–water partition coefficient (Wildman–Crippen LogP) is 4.69. The van der Waals surface area contributed by atoms with Gasteiger partial charge in [-0.05, 0) is 36.9 Å². The molecule has 150 valence electrons. The third-order valence-corrected chi connectivity index (χ3v) is 5.59. The van der Waals surface area contributed by atoms with Crippen molar-refractivity contribution >= 4 is 6.03 Å². The largest absolute Gasteiger partial charge is 0.336 e. The van der Waals surface area contributed by atoms with Gasteiger partial charge in [0, 0.05) is 25.7 Å². The maximum absolute atomic E-state index is 12.2. The highest BCUT2D eigenvalue weighted by molar-refractivity contribution is 5.76. The number of hydrogen-bond acceptors (Lipinski definition) is 2. The lowest BCUT2D eigenvalue weighted by molar-refractivity contribution is 0.121. The summed E-state index contributed by atoms with van der Waals surface area (Å²) in [6, 6.07) is 11.4. The molecule has 3 rings (SSSR count). The van der Waals surface area contributed by atoms with Gasteiger partial charge in [0.25, 0.3) is 0 Å². The minimum atomic E-state index is 0.0731. The Balaban J connectivity index is 1.94. The van der Waals surface area contributed by atoms with Gasteiger partial charge in [0.15, 0.2) is 0 Å². The van der Waals surface area contributed by atoms with Gasteiger partial charge >= 0.3 is 6.03 Å². The number of amides is 2. The van der Waals surface area contributed by atoms with E-state index >= 15 is 0 Å².